The van der Waals surface area contributed by atoms with E-state index in [0.717, 1.165) is 22.3 Å². The van der Waals surface area contributed by atoms with Crippen molar-refractivity contribution in [2.75, 3.05) is 20.6 Å². The molecule has 0 saturated heterocycles. The van der Waals surface area contributed by atoms with E-state index in [4.69, 9.17) is 0 Å². The molecule has 0 radical (unpaired) electrons. The molecule has 0 spiro atoms. The Labute approximate surface area is 149 Å². The van der Waals surface area contributed by atoms with Gasteiger partial charge in [0.1, 0.15) is 11.6 Å². The van der Waals surface area contributed by atoms with Crippen LogP contribution in [0.4, 0.5) is 8.78 Å². The van der Waals surface area contributed by atoms with Crippen LogP contribution in [0.25, 0.3) is 0 Å². The molecule has 2 rings (SSSR count). The summed E-state index contributed by atoms with van der Waals surface area (Å²) < 4.78 is 29.9. The third-order valence-corrected chi connectivity index (χ3v) is 4.17. The minimum Gasteiger partial charge on any atom is -0.356 e. The summed E-state index contributed by atoms with van der Waals surface area (Å²) in [5, 5.41) is 3.18. The van der Waals surface area contributed by atoms with E-state index in [2.05, 4.69) is 26.2 Å². The summed E-state index contributed by atoms with van der Waals surface area (Å²) in [6.07, 6.45) is 2.37. The molecule has 0 aliphatic rings. The lowest BCUT2D eigenvalue weighted by Gasteiger charge is -2.22. The van der Waals surface area contributed by atoms with Crippen LogP contribution in [-0.4, -0.2) is 36.1 Å². The van der Waals surface area contributed by atoms with Crippen molar-refractivity contribution in [1.82, 2.24) is 14.8 Å². The van der Waals surface area contributed by atoms with Crippen LogP contribution >= 0.6 is 15.9 Å². The molecule has 1 heterocycles. The van der Waals surface area contributed by atoms with Crippen molar-refractivity contribution in [2.45, 2.75) is 13.0 Å². The van der Waals surface area contributed by atoms with Crippen molar-refractivity contribution in [1.29, 1.82) is 0 Å². The number of aryl methyl sites for hydroxylation is 1. The van der Waals surface area contributed by atoms with Gasteiger partial charge in [0.25, 0.3) is 0 Å². The Hall–Kier alpha value is -1.89. The minimum absolute atomic E-state index is 0.354. The van der Waals surface area contributed by atoms with E-state index in [1.54, 1.807) is 7.05 Å². The molecule has 0 saturated carbocycles. The van der Waals surface area contributed by atoms with Gasteiger partial charge in [0, 0.05) is 44.1 Å². The SMILES string of the molecule is CN=C(NCCc1cc(F)ccc1F)N(C)Cc1cc(Br)cn1C. The monoisotopic (exact) mass is 398 g/mol. The third-order valence-electron chi connectivity index (χ3n) is 3.73. The largest absolute Gasteiger partial charge is 0.356 e. The second kappa shape index (κ2) is 8.28. The van der Waals surface area contributed by atoms with Gasteiger partial charge < -0.3 is 14.8 Å². The van der Waals surface area contributed by atoms with E-state index in [-0.39, 0.29) is 0 Å². The summed E-state index contributed by atoms with van der Waals surface area (Å²) in [7, 11) is 5.61. The van der Waals surface area contributed by atoms with Crippen molar-refractivity contribution in [3.63, 3.8) is 0 Å². The number of nitrogens with zero attached hydrogens (tertiary/aromatic N) is 3. The first-order chi connectivity index (χ1) is 11.4. The highest BCUT2D eigenvalue weighted by Gasteiger charge is 2.10. The molecule has 0 aliphatic carbocycles. The number of benzene rings is 1. The quantitative estimate of drug-likeness (QED) is 0.618. The molecule has 0 aliphatic heterocycles. The van der Waals surface area contributed by atoms with Gasteiger partial charge in [-0.15, -0.1) is 0 Å². The molecule has 24 heavy (non-hydrogen) atoms. The maximum absolute atomic E-state index is 13.6. The molecule has 1 aromatic heterocycles. The van der Waals surface area contributed by atoms with Gasteiger partial charge in [0.2, 0.25) is 0 Å². The smallest absolute Gasteiger partial charge is 0.193 e. The molecule has 1 N–H and O–H groups in total. The van der Waals surface area contributed by atoms with Crippen molar-refractivity contribution in [3.8, 4) is 0 Å². The average molecular weight is 399 g/mol. The first-order valence-corrected chi connectivity index (χ1v) is 8.36. The normalized spacial score (nSPS) is 11.7. The molecule has 4 nitrogen and oxygen atoms in total. The third kappa shape index (κ3) is 4.80. The van der Waals surface area contributed by atoms with E-state index in [1.807, 2.05) is 35.8 Å². The standard InChI is InChI=1S/C17H21BrF2N4/c1-21-17(24(3)11-15-9-13(18)10-23(15)2)22-7-6-12-8-14(19)4-5-16(12)20/h4-5,8-10H,6-7,11H2,1-3H3,(H,21,22). The second-order valence-corrected chi connectivity index (χ2v) is 6.49. The van der Waals surface area contributed by atoms with Gasteiger partial charge in [-0.1, -0.05) is 0 Å². The number of rotatable bonds is 5. The summed E-state index contributed by atoms with van der Waals surface area (Å²) in [5.41, 5.74) is 1.48. The summed E-state index contributed by atoms with van der Waals surface area (Å²) in [4.78, 5) is 6.21. The first kappa shape index (κ1) is 18.4. The van der Waals surface area contributed by atoms with Gasteiger partial charge in [-0.05, 0) is 52.2 Å². The highest BCUT2D eigenvalue weighted by Crippen LogP contribution is 2.15. The molecular formula is C17H21BrF2N4. The van der Waals surface area contributed by atoms with Gasteiger partial charge in [-0.25, -0.2) is 8.78 Å². The fraction of sp³-hybridized carbons (Fsp3) is 0.353. The molecule has 2 aromatic rings. The second-order valence-electron chi connectivity index (χ2n) is 5.58. The zero-order valence-electron chi connectivity index (χ0n) is 14.0. The molecule has 1 aromatic carbocycles. The molecule has 0 fully saturated rings. The maximum Gasteiger partial charge on any atom is 0.193 e. The molecule has 130 valence electrons. The van der Waals surface area contributed by atoms with Gasteiger partial charge in [-0.3, -0.25) is 4.99 Å². The van der Waals surface area contributed by atoms with Gasteiger partial charge >= 0.3 is 0 Å². The van der Waals surface area contributed by atoms with Gasteiger partial charge in [0.05, 0.1) is 6.54 Å². The van der Waals surface area contributed by atoms with Crippen molar-refractivity contribution in [3.05, 3.63) is 57.8 Å². The highest BCUT2D eigenvalue weighted by atomic mass is 79.9. The van der Waals surface area contributed by atoms with Crippen molar-refractivity contribution < 1.29 is 8.78 Å². The Kier molecular flexibility index (Phi) is 6.36. The van der Waals surface area contributed by atoms with E-state index < -0.39 is 11.6 Å². The highest BCUT2D eigenvalue weighted by molar-refractivity contribution is 9.10. The molecule has 7 heteroatoms. The number of aliphatic imine (C=N–C) groups is 1. The lowest BCUT2D eigenvalue weighted by molar-refractivity contribution is 0.462. The molecule has 0 amide bonds. The predicted octanol–water partition coefficient (Wildman–Crippen LogP) is 3.32. The zero-order chi connectivity index (χ0) is 17.7. The molecule has 0 atom stereocenters. The fourth-order valence-electron chi connectivity index (χ4n) is 2.47. The topological polar surface area (TPSA) is 32.6 Å². The van der Waals surface area contributed by atoms with Crippen LogP contribution in [0.1, 0.15) is 11.3 Å². The maximum atomic E-state index is 13.6. The van der Waals surface area contributed by atoms with Crippen molar-refractivity contribution >= 4 is 21.9 Å². The van der Waals surface area contributed by atoms with E-state index in [0.29, 0.717) is 31.0 Å². The molecule has 0 bridgehead atoms. The first-order valence-electron chi connectivity index (χ1n) is 7.57. The fourth-order valence-corrected chi connectivity index (χ4v) is 3.04. The predicted molar refractivity (Wildman–Crippen MR) is 96.0 cm³/mol. The molecular weight excluding hydrogens is 378 g/mol. The number of guanidine groups is 1. The van der Waals surface area contributed by atoms with Crippen molar-refractivity contribution in [2.24, 2.45) is 12.0 Å². The number of halogens is 3. The number of hydrogen-bond acceptors (Lipinski definition) is 1. The summed E-state index contributed by atoms with van der Waals surface area (Å²) in [6, 6.07) is 5.55. The molecule has 0 unspecified atom stereocenters. The van der Waals surface area contributed by atoms with E-state index >= 15 is 0 Å². The average Bonchev–Trinajstić information content (AvgIpc) is 2.84. The lowest BCUT2D eigenvalue weighted by Crippen LogP contribution is -2.39. The number of hydrogen-bond donors (Lipinski definition) is 1. The Balaban J connectivity index is 1.92. The van der Waals surface area contributed by atoms with Crippen LogP contribution in [0.3, 0.4) is 0 Å². The Bertz CT molecular complexity index is 727. The van der Waals surface area contributed by atoms with Gasteiger partial charge in [0.15, 0.2) is 5.96 Å². The number of nitrogens with one attached hydrogen (secondary N) is 1. The number of aromatic nitrogens is 1. The van der Waals surface area contributed by atoms with E-state index in [1.165, 1.54) is 6.07 Å². The van der Waals surface area contributed by atoms with Crippen LogP contribution in [0.15, 0.2) is 39.9 Å². The lowest BCUT2D eigenvalue weighted by atomic mass is 10.1. The van der Waals surface area contributed by atoms with E-state index in [9.17, 15) is 8.78 Å². The van der Waals surface area contributed by atoms with Gasteiger partial charge in [-0.2, -0.15) is 0 Å². The summed E-state index contributed by atoms with van der Waals surface area (Å²) in [6.45, 7) is 1.14. The Morgan fingerprint density at radius 2 is 2.08 bits per heavy atom. The Morgan fingerprint density at radius 3 is 2.71 bits per heavy atom. The van der Waals surface area contributed by atoms with Crippen LogP contribution in [0.5, 0.6) is 0 Å². The van der Waals surface area contributed by atoms with Crippen LogP contribution in [0, 0.1) is 11.6 Å². The summed E-state index contributed by atoms with van der Waals surface area (Å²) in [5.74, 6) is -0.124. The zero-order valence-corrected chi connectivity index (χ0v) is 15.6. The summed E-state index contributed by atoms with van der Waals surface area (Å²) >= 11 is 3.46. The van der Waals surface area contributed by atoms with Crippen LogP contribution < -0.4 is 5.32 Å². The Morgan fingerprint density at radius 1 is 1.33 bits per heavy atom. The minimum atomic E-state index is -0.429. The van der Waals surface area contributed by atoms with Crippen LogP contribution in [-0.2, 0) is 20.0 Å². The van der Waals surface area contributed by atoms with Crippen LogP contribution in [0.2, 0.25) is 0 Å².